The summed E-state index contributed by atoms with van der Waals surface area (Å²) in [6.07, 6.45) is 7.18. The average molecular weight is 290 g/mol. The normalized spacial score (nSPS) is 31.5. The molecule has 22 heavy (non-hydrogen) atoms. The Hall–Kier alpha value is -2.36. The standard InChI is InChI=1S/C18H14N2O2/c21-11-6-17-7-12(22)9-18(17,8-11)15-10-19-5-3-13(15)16-14(17)2-1-4-20-16/h1-5,10H,6-9H2. The Kier molecular flexibility index (Phi) is 2.05. The topological polar surface area (TPSA) is 59.9 Å². The highest BCUT2D eigenvalue weighted by Gasteiger charge is 2.67. The Morgan fingerprint density at radius 1 is 0.864 bits per heavy atom. The Labute approximate surface area is 127 Å². The number of hydrogen-bond acceptors (Lipinski definition) is 4. The first-order valence-electron chi connectivity index (χ1n) is 7.60. The lowest BCUT2D eigenvalue weighted by Crippen LogP contribution is -2.43. The summed E-state index contributed by atoms with van der Waals surface area (Å²) < 4.78 is 0. The molecule has 0 amide bonds. The maximum atomic E-state index is 12.4. The van der Waals surface area contributed by atoms with E-state index in [9.17, 15) is 9.59 Å². The lowest BCUT2D eigenvalue weighted by atomic mass is 9.56. The van der Waals surface area contributed by atoms with Gasteiger partial charge in [-0.25, -0.2) is 0 Å². The molecule has 2 aromatic rings. The minimum Gasteiger partial charge on any atom is -0.300 e. The van der Waals surface area contributed by atoms with Gasteiger partial charge in [0.2, 0.25) is 0 Å². The van der Waals surface area contributed by atoms with Crippen LogP contribution in [0.3, 0.4) is 0 Å². The van der Waals surface area contributed by atoms with E-state index in [1.165, 1.54) is 0 Å². The van der Waals surface area contributed by atoms with E-state index in [1.807, 2.05) is 18.3 Å². The molecule has 3 aliphatic carbocycles. The van der Waals surface area contributed by atoms with Crippen LogP contribution in [0.25, 0.3) is 11.3 Å². The summed E-state index contributed by atoms with van der Waals surface area (Å²) in [6, 6.07) is 5.93. The highest BCUT2D eigenvalue weighted by Crippen LogP contribution is 2.66. The third-order valence-corrected chi connectivity index (χ3v) is 5.83. The molecule has 2 fully saturated rings. The Morgan fingerprint density at radius 3 is 2.27 bits per heavy atom. The van der Waals surface area contributed by atoms with Crippen molar-refractivity contribution in [3.63, 3.8) is 0 Å². The number of nitrogens with zero attached hydrogens (tertiary/aromatic N) is 2. The number of hydrogen-bond donors (Lipinski definition) is 0. The second-order valence-electron chi connectivity index (χ2n) is 6.77. The number of ketones is 2. The third-order valence-electron chi connectivity index (χ3n) is 5.83. The smallest absolute Gasteiger partial charge is 0.134 e. The van der Waals surface area contributed by atoms with Crippen molar-refractivity contribution in [3.05, 3.63) is 47.9 Å². The molecule has 2 saturated carbocycles. The molecule has 0 aromatic carbocycles. The molecule has 108 valence electrons. The molecule has 4 heteroatoms. The lowest BCUT2D eigenvalue weighted by Gasteiger charge is -2.45. The van der Waals surface area contributed by atoms with Crippen LogP contribution in [0, 0.1) is 0 Å². The molecular weight excluding hydrogens is 276 g/mol. The van der Waals surface area contributed by atoms with Gasteiger partial charge in [0.15, 0.2) is 0 Å². The SMILES string of the molecule is O=C1CC23CC(=O)CC2(C1)c1cccnc1-c1ccncc13. The van der Waals surface area contributed by atoms with Crippen molar-refractivity contribution >= 4 is 11.6 Å². The molecule has 0 unspecified atom stereocenters. The zero-order valence-electron chi connectivity index (χ0n) is 12.0. The van der Waals surface area contributed by atoms with Crippen LogP contribution in [0.15, 0.2) is 36.8 Å². The average Bonchev–Trinajstić information content (AvgIpc) is 2.96. The Morgan fingerprint density at radius 2 is 1.55 bits per heavy atom. The van der Waals surface area contributed by atoms with Gasteiger partial charge in [-0.1, -0.05) is 6.07 Å². The maximum Gasteiger partial charge on any atom is 0.134 e. The fourth-order valence-corrected chi connectivity index (χ4v) is 5.16. The van der Waals surface area contributed by atoms with Gasteiger partial charge >= 0.3 is 0 Å². The molecule has 0 radical (unpaired) electrons. The van der Waals surface area contributed by atoms with E-state index in [1.54, 1.807) is 12.4 Å². The number of pyridine rings is 2. The fourth-order valence-electron chi connectivity index (χ4n) is 5.16. The van der Waals surface area contributed by atoms with Gasteiger partial charge in [0.25, 0.3) is 0 Å². The van der Waals surface area contributed by atoms with Gasteiger partial charge in [-0.15, -0.1) is 0 Å². The fraction of sp³-hybridized carbons (Fsp3) is 0.333. The van der Waals surface area contributed by atoms with Crippen LogP contribution in [0.1, 0.15) is 36.8 Å². The van der Waals surface area contributed by atoms with Crippen LogP contribution in [-0.4, -0.2) is 21.5 Å². The van der Waals surface area contributed by atoms with E-state index in [-0.39, 0.29) is 11.6 Å². The molecular formula is C18H14N2O2. The van der Waals surface area contributed by atoms with Crippen molar-refractivity contribution in [3.8, 4) is 11.3 Å². The predicted molar refractivity (Wildman–Crippen MR) is 79.3 cm³/mol. The summed E-state index contributed by atoms with van der Waals surface area (Å²) >= 11 is 0. The molecule has 3 aliphatic rings. The summed E-state index contributed by atoms with van der Waals surface area (Å²) in [4.78, 5) is 33.6. The minimum absolute atomic E-state index is 0.249. The van der Waals surface area contributed by atoms with Crippen molar-refractivity contribution in [1.82, 2.24) is 9.97 Å². The number of rotatable bonds is 0. The minimum atomic E-state index is -0.402. The first-order chi connectivity index (χ1) is 10.7. The molecule has 2 heterocycles. The van der Waals surface area contributed by atoms with Gasteiger partial charge in [-0.05, 0) is 23.3 Å². The van der Waals surface area contributed by atoms with Gasteiger partial charge in [-0.3, -0.25) is 19.6 Å². The highest BCUT2D eigenvalue weighted by atomic mass is 16.1. The molecule has 4 nitrogen and oxygen atoms in total. The number of carbonyl (C=O) groups excluding carboxylic acids is 2. The molecule has 0 N–H and O–H groups in total. The van der Waals surface area contributed by atoms with E-state index < -0.39 is 10.8 Å². The van der Waals surface area contributed by atoms with Crippen molar-refractivity contribution in [2.24, 2.45) is 0 Å². The molecule has 2 aromatic heterocycles. The molecule has 0 atom stereocenters. The van der Waals surface area contributed by atoms with Crippen LogP contribution in [0.5, 0.6) is 0 Å². The largest absolute Gasteiger partial charge is 0.300 e. The Bertz CT molecular complexity index is 768. The van der Waals surface area contributed by atoms with Crippen molar-refractivity contribution < 1.29 is 9.59 Å². The molecule has 0 saturated heterocycles. The first-order valence-corrected chi connectivity index (χ1v) is 7.60. The van der Waals surface area contributed by atoms with Crippen molar-refractivity contribution in [2.45, 2.75) is 36.5 Å². The number of carbonyl (C=O) groups is 2. The number of aromatic nitrogens is 2. The van der Waals surface area contributed by atoms with E-state index >= 15 is 0 Å². The monoisotopic (exact) mass is 290 g/mol. The summed E-state index contributed by atoms with van der Waals surface area (Å²) in [7, 11) is 0. The summed E-state index contributed by atoms with van der Waals surface area (Å²) in [5.41, 5.74) is 3.26. The van der Waals surface area contributed by atoms with Gasteiger partial charge < -0.3 is 0 Å². The van der Waals surface area contributed by atoms with E-state index in [0.29, 0.717) is 25.7 Å². The van der Waals surface area contributed by atoms with Gasteiger partial charge in [0.1, 0.15) is 11.6 Å². The second-order valence-corrected chi connectivity index (χ2v) is 6.77. The molecule has 0 bridgehead atoms. The van der Waals surface area contributed by atoms with Crippen molar-refractivity contribution in [2.75, 3.05) is 0 Å². The van der Waals surface area contributed by atoms with Crippen LogP contribution >= 0.6 is 0 Å². The molecule has 5 rings (SSSR count). The maximum absolute atomic E-state index is 12.4. The molecule has 0 spiro atoms. The van der Waals surface area contributed by atoms with Crippen LogP contribution in [-0.2, 0) is 20.4 Å². The van der Waals surface area contributed by atoms with Crippen LogP contribution in [0.4, 0.5) is 0 Å². The van der Waals surface area contributed by atoms with E-state index in [0.717, 1.165) is 22.4 Å². The van der Waals surface area contributed by atoms with Gasteiger partial charge in [0, 0.05) is 60.7 Å². The molecule has 0 aliphatic heterocycles. The van der Waals surface area contributed by atoms with Gasteiger partial charge in [-0.2, -0.15) is 0 Å². The van der Waals surface area contributed by atoms with E-state index in [4.69, 9.17) is 0 Å². The summed E-state index contributed by atoms with van der Waals surface area (Å²) in [5, 5.41) is 0. The van der Waals surface area contributed by atoms with Crippen LogP contribution < -0.4 is 0 Å². The highest BCUT2D eigenvalue weighted by molar-refractivity contribution is 5.98. The number of Topliss-reactive ketones (excluding diaryl/α,β-unsaturated/α-hetero) is 2. The Balaban J connectivity index is 1.96. The van der Waals surface area contributed by atoms with E-state index in [2.05, 4.69) is 16.0 Å². The third kappa shape index (κ3) is 1.17. The predicted octanol–water partition coefficient (Wildman–Crippen LogP) is 2.36. The zero-order chi connectivity index (χ0) is 14.9. The lowest BCUT2D eigenvalue weighted by molar-refractivity contribution is -0.120. The van der Waals surface area contributed by atoms with Gasteiger partial charge in [0.05, 0.1) is 5.69 Å². The summed E-state index contributed by atoms with van der Waals surface area (Å²) in [5.74, 6) is 0.498. The first kappa shape index (κ1) is 12.2. The summed E-state index contributed by atoms with van der Waals surface area (Å²) in [6.45, 7) is 0. The van der Waals surface area contributed by atoms with Crippen LogP contribution in [0.2, 0.25) is 0 Å². The number of fused-ring (bicyclic) bond motifs is 3. The quantitative estimate of drug-likeness (QED) is 0.747. The zero-order valence-corrected chi connectivity index (χ0v) is 12.0. The van der Waals surface area contributed by atoms with Crippen molar-refractivity contribution in [1.29, 1.82) is 0 Å². The second kappa shape index (κ2) is 3.69.